The van der Waals surface area contributed by atoms with Crippen molar-refractivity contribution in [1.82, 2.24) is 9.55 Å². The van der Waals surface area contributed by atoms with Gasteiger partial charge in [0.15, 0.2) is 0 Å². The van der Waals surface area contributed by atoms with E-state index in [1.165, 1.54) is 53.4 Å². The number of nitrogens with one attached hydrogen (secondary N) is 1. The summed E-state index contributed by atoms with van der Waals surface area (Å²) in [4.78, 5) is 70.7. The molecule has 0 aliphatic carbocycles. The Balaban J connectivity index is 1.35. The first-order valence-corrected chi connectivity index (χ1v) is 15.6. The average Bonchev–Trinajstić information content (AvgIpc) is 3.47. The van der Waals surface area contributed by atoms with Crippen molar-refractivity contribution in [3.8, 4) is 0 Å². The zero-order valence-electron chi connectivity index (χ0n) is 23.8. The van der Waals surface area contributed by atoms with Crippen LogP contribution in [0.1, 0.15) is 39.2 Å². The maximum atomic E-state index is 13.9. The monoisotopic (exact) mass is 668 g/mol. The van der Waals surface area contributed by atoms with Crippen LogP contribution in [0.15, 0.2) is 82.9 Å². The van der Waals surface area contributed by atoms with Crippen molar-refractivity contribution in [2.75, 3.05) is 16.8 Å². The number of nitrogens with zero attached hydrogens (tertiary/aromatic N) is 3. The number of benzene rings is 2. The number of amides is 3. The molecule has 15 heteroatoms. The molecule has 0 spiro atoms. The molecule has 10 nitrogen and oxygen atoms in total. The summed E-state index contributed by atoms with van der Waals surface area (Å²) < 4.78 is 48.0. The number of carbonyl (C=O) groups excluding carboxylic acids is 4. The third-order valence-electron chi connectivity index (χ3n) is 7.52. The summed E-state index contributed by atoms with van der Waals surface area (Å²) in [5.41, 5.74) is -0.564. The van der Waals surface area contributed by atoms with Gasteiger partial charge in [0.25, 0.3) is 0 Å². The van der Waals surface area contributed by atoms with Crippen molar-refractivity contribution in [3.05, 3.63) is 104 Å². The first kappa shape index (κ1) is 31.2. The molecular weight excluding hydrogens is 645 g/mol. The maximum absolute atomic E-state index is 13.9. The molecule has 3 atom stereocenters. The second-order valence-electron chi connectivity index (χ2n) is 10.3. The number of thioether (sulfide) groups is 1. The number of anilines is 2. The highest BCUT2D eigenvalue weighted by atomic mass is 32.2. The summed E-state index contributed by atoms with van der Waals surface area (Å²) in [5.74, 6) is -4.79. The number of para-hydroxylation sites is 1. The van der Waals surface area contributed by atoms with Crippen molar-refractivity contribution in [2.45, 2.75) is 35.8 Å². The molecule has 2 aromatic carbocycles. The molecule has 1 saturated heterocycles. The number of fused-ring (bicyclic) bond motifs is 2. The van der Waals surface area contributed by atoms with Crippen LogP contribution in [-0.4, -0.2) is 45.1 Å². The Labute approximate surface area is 267 Å². The van der Waals surface area contributed by atoms with Crippen LogP contribution in [0, 0.1) is 5.92 Å². The SMILES string of the molecule is CCOC(=O)c1ccc(NC(=O)Cn2c3c(sc2=O)C(c2cccnc2)C2C(=O)N(c4ccccc4C(F)(F)F)C(=O)C2S3)cc1. The van der Waals surface area contributed by atoms with Gasteiger partial charge in [0.2, 0.25) is 17.7 Å². The lowest BCUT2D eigenvalue weighted by Crippen LogP contribution is -2.33. The van der Waals surface area contributed by atoms with Crippen LogP contribution in [0.25, 0.3) is 0 Å². The summed E-state index contributed by atoms with van der Waals surface area (Å²) in [6.07, 6.45) is -1.84. The Hall–Kier alpha value is -4.76. The van der Waals surface area contributed by atoms with Crippen molar-refractivity contribution in [2.24, 2.45) is 5.92 Å². The predicted molar refractivity (Wildman–Crippen MR) is 163 cm³/mol. The van der Waals surface area contributed by atoms with Gasteiger partial charge in [0.1, 0.15) is 11.8 Å². The lowest BCUT2D eigenvalue weighted by Gasteiger charge is -2.30. The van der Waals surface area contributed by atoms with Crippen LogP contribution >= 0.6 is 23.1 Å². The minimum atomic E-state index is -4.83. The normalized spacial score (nSPS) is 19.0. The number of ether oxygens (including phenoxy) is 1. The standard InChI is InChI=1S/C31H23F3N4O6S2/c1-2-44-29(42)16-9-11-18(12-10-16)36-21(39)15-37-28-25(46-30(37)43)22(17-6-5-13-35-14-17)23-24(45-28)27(41)38(26(23)40)20-8-4-3-7-19(20)31(32,33)34/h3-14,22-24H,2,15H2,1H3,(H,36,39). The first-order valence-electron chi connectivity index (χ1n) is 13.9. The van der Waals surface area contributed by atoms with Crippen LogP contribution in [0.2, 0.25) is 0 Å². The summed E-state index contributed by atoms with van der Waals surface area (Å²) >= 11 is 1.68. The van der Waals surface area contributed by atoms with Crippen molar-refractivity contribution in [1.29, 1.82) is 0 Å². The molecular formula is C31H23F3N4O6S2. The number of alkyl halides is 3. The molecule has 236 valence electrons. The second-order valence-corrected chi connectivity index (χ2v) is 12.4. The van der Waals surface area contributed by atoms with Crippen LogP contribution in [0.3, 0.4) is 0 Å². The fourth-order valence-corrected chi connectivity index (χ4v) is 8.34. The largest absolute Gasteiger partial charge is 0.462 e. The van der Waals surface area contributed by atoms with Crippen molar-refractivity contribution < 1.29 is 37.1 Å². The molecule has 3 amide bonds. The van der Waals surface area contributed by atoms with E-state index < -0.39 is 69.6 Å². The van der Waals surface area contributed by atoms with E-state index in [0.29, 0.717) is 21.0 Å². The highest BCUT2D eigenvalue weighted by Crippen LogP contribution is 2.54. The number of hydrogen-bond acceptors (Lipinski definition) is 9. The number of halogens is 3. The van der Waals surface area contributed by atoms with E-state index >= 15 is 0 Å². The Morgan fingerprint density at radius 3 is 2.41 bits per heavy atom. The zero-order valence-corrected chi connectivity index (χ0v) is 25.4. The minimum Gasteiger partial charge on any atom is -0.462 e. The second kappa shape index (κ2) is 12.2. The molecule has 4 heterocycles. The summed E-state index contributed by atoms with van der Waals surface area (Å²) in [7, 11) is 0. The number of carbonyl (C=O) groups is 4. The van der Waals surface area contributed by atoms with E-state index in [0.717, 1.165) is 35.2 Å². The molecule has 2 aliphatic heterocycles. The van der Waals surface area contributed by atoms with E-state index in [1.54, 1.807) is 19.1 Å². The van der Waals surface area contributed by atoms with Crippen LogP contribution < -0.4 is 15.1 Å². The summed E-state index contributed by atoms with van der Waals surface area (Å²) in [6.45, 7) is 1.44. The topological polar surface area (TPSA) is 128 Å². The number of aromatic nitrogens is 2. The van der Waals surface area contributed by atoms with Crippen molar-refractivity contribution >= 4 is 58.2 Å². The highest BCUT2D eigenvalue weighted by Gasteiger charge is 2.57. The number of thiazole rings is 1. The molecule has 0 bridgehead atoms. The van der Waals surface area contributed by atoms with E-state index in [2.05, 4.69) is 10.3 Å². The number of pyridine rings is 1. The van der Waals surface area contributed by atoms with Crippen LogP contribution in [0.5, 0.6) is 0 Å². The van der Waals surface area contributed by atoms with Gasteiger partial charge in [-0.3, -0.25) is 28.7 Å². The number of hydrogen-bond donors (Lipinski definition) is 1. The van der Waals surface area contributed by atoms with Gasteiger partial charge < -0.3 is 10.1 Å². The fraction of sp³-hybridized carbons (Fsp3) is 0.226. The molecule has 1 N–H and O–H groups in total. The first-order chi connectivity index (χ1) is 22.0. The van der Waals surface area contributed by atoms with Crippen LogP contribution in [-0.2, 0) is 31.8 Å². The Morgan fingerprint density at radius 2 is 1.74 bits per heavy atom. The Morgan fingerprint density at radius 1 is 1.00 bits per heavy atom. The molecule has 3 unspecified atom stereocenters. The molecule has 2 aliphatic rings. The van der Waals surface area contributed by atoms with Gasteiger partial charge >= 0.3 is 17.0 Å². The number of rotatable bonds is 7. The molecule has 2 aromatic heterocycles. The molecule has 4 aromatic rings. The zero-order chi connectivity index (χ0) is 32.7. The van der Waals surface area contributed by atoms with Gasteiger partial charge in [-0.1, -0.05) is 41.3 Å². The molecule has 0 radical (unpaired) electrons. The van der Waals surface area contributed by atoms with E-state index in [4.69, 9.17) is 4.74 Å². The van der Waals surface area contributed by atoms with Gasteiger partial charge in [-0.25, -0.2) is 9.69 Å². The molecule has 6 rings (SSSR count). The minimum absolute atomic E-state index is 0.205. The maximum Gasteiger partial charge on any atom is 0.418 e. The molecule has 1 fully saturated rings. The van der Waals surface area contributed by atoms with Gasteiger partial charge in [-0.15, -0.1) is 0 Å². The third kappa shape index (κ3) is 5.60. The van der Waals surface area contributed by atoms with Gasteiger partial charge in [-0.05, 0) is 55.0 Å². The third-order valence-corrected chi connectivity index (χ3v) is 10.1. The van der Waals surface area contributed by atoms with Crippen molar-refractivity contribution in [3.63, 3.8) is 0 Å². The van der Waals surface area contributed by atoms with Crippen LogP contribution in [0.4, 0.5) is 24.5 Å². The summed E-state index contributed by atoms with van der Waals surface area (Å²) in [5, 5.41) is 1.76. The Kier molecular flexibility index (Phi) is 8.29. The van der Waals surface area contributed by atoms with E-state index in [9.17, 15) is 37.1 Å². The fourth-order valence-electron chi connectivity index (χ4n) is 5.57. The lowest BCUT2D eigenvalue weighted by atomic mass is 9.84. The predicted octanol–water partition coefficient (Wildman–Crippen LogP) is 4.93. The number of imide groups is 1. The smallest absolute Gasteiger partial charge is 0.418 e. The molecule has 46 heavy (non-hydrogen) atoms. The van der Waals surface area contributed by atoms with E-state index in [1.807, 2.05) is 0 Å². The number of esters is 1. The highest BCUT2D eigenvalue weighted by molar-refractivity contribution is 8.00. The van der Waals surface area contributed by atoms with Gasteiger partial charge in [0, 0.05) is 28.9 Å². The van der Waals surface area contributed by atoms with E-state index in [-0.39, 0.29) is 17.2 Å². The lowest BCUT2D eigenvalue weighted by molar-refractivity contribution is -0.137. The van der Waals surface area contributed by atoms with Gasteiger partial charge in [0.05, 0.1) is 34.4 Å². The quantitative estimate of drug-likeness (QED) is 0.217. The summed E-state index contributed by atoms with van der Waals surface area (Å²) in [6, 6.07) is 13.6. The average molecular weight is 669 g/mol. The molecule has 0 saturated carbocycles. The van der Waals surface area contributed by atoms with Gasteiger partial charge in [-0.2, -0.15) is 13.2 Å². The Bertz CT molecular complexity index is 1910.